The van der Waals surface area contributed by atoms with Crippen molar-refractivity contribution in [1.82, 2.24) is 10.2 Å². The maximum Gasteiger partial charge on any atom is 0.408 e. The number of amides is 2. The third kappa shape index (κ3) is 9.33. The maximum absolute atomic E-state index is 13.6. The lowest BCUT2D eigenvalue weighted by atomic mass is 9.92. The van der Waals surface area contributed by atoms with Crippen molar-refractivity contribution in [2.75, 3.05) is 20.3 Å². The van der Waals surface area contributed by atoms with Crippen molar-refractivity contribution in [3.8, 4) is 0 Å². The van der Waals surface area contributed by atoms with Crippen LogP contribution < -0.4 is 5.32 Å². The second-order valence-electron chi connectivity index (χ2n) is 10.8. The SMILES string of the molecule is CN(C(=O)[C@@H](CC(=O)OC(C)(C)C)Cc1ccccc1)[C@H]1CCOCC1NC(=O)OC(C)(C)C. The minimum Gasteiger partial charge on any atom is -0.460 e. The fourth-order valence-corrected chi connectivity index (χ4v) is 3.97. The predicted octanol–water partition coefficient (Wildman–Crippen LogP) is 3.72. The standard InChI is InChI=1S/C26H40N2O6/c1-25(2,3)33-22(29)16-19(15-18-11-9-8-10-12-18)23(30)28(7)21-13-14-32-17-20(21)27-24(31)34-26(4,5)6/h8-12,19-21H,13-17H2,1-7H3,(H,27,31)/t19-,20?,21+/m1/s1. The van der Waals surface area contributed by atoms with Gasteiger partial charge in [0.05, 0.1) is 31.0 Å². The highest BCUT2D eigenvalue weighted by atomic mass is 16.6. The molecule has 2 rings (SSSR count). The Bertz CT molecular complexity index is 828. The van der Waals surface area contributed by atoms with Gasteiger partial charge in [-0.25, -0.2) is 4.79 Å². The summed E-state index contributed by atoms with van der Waals surface area (Å²) in [5, 5.41) is 2.85. The number of likely N-dealkylation sites (N-methyl/N-ethyl adjacent to an activating group) is 1. The van der Waals surface area contributed by atoms with E-state index in [-0.39, 0.29) is 25.0 Å². The van der Waals surface area contributed by atoms with Crippen LogP contribution in [-0.2, 0) is 30.2 Å². The van der Waals surface area contributed by atoms with E-state index in [0.717, 1.165) is 5.56 Å². The molecule has 3 atom stereocenters. The smallest absolute Gasteiger partial charge is 0.408 e. The molecule has 1 N–H and O–H groups in total. The van der Waals surface area contributed by atoms with Crippen molar-refractivity contribution in [1.29, 1.82) is 0 Å². The van der Waals surface area contributed by atoms with E-state index in [1.165, 1.54) is 0 Å². The molecule has 0 saturated carbocycles. The van der Waals surface area contributed by atoms with E-state index in [4.69, 9.17) is 14.2 Å². The molecule has 8 heteroatoms. The second kappa shape index (κ2) is 11.7. The quantitative estimate of drug-likeness (QED) is 0.603. The fraction of sp³-hybridized carbons (Fsp3) is 0.654. The summed E-state index contributed by atoms with van der Waals surface area (Å²) in [5.74, 6) is -1.17. The summed E-state index contributed by atoms with van der Waals surface area (Å²) in [6, 6.07) is 8.91. The first kappa shape index (κ1) is 27.6. The first-order chi connectivity index (χ1) is 15.7. The van der Waals surface area contributed by atoms with Crippen LogP contribution in [0.3, 0.4) is 0 Å². The van der Waals surface area contributed by atoms with E-state index >= 15 is 0 Å². The van der Waals surface area contributed by atoms with Gasteiger partial charge in [-0.05, 0) is 59.9 Å². The van der Waals surface area contributed by atoms with Crippen molar-refractivity contribution in [2.24, 2.45) is 5.92 Å². The maximum atomic E-state index is 13.6. The summed E-state index contributed by atoms with van der Waals surface area (Å²) < 4.78 is 16.4. The van der Waals surface area contributed by atoms with Gasteiger partial charge < -0.3 is 24.4 Å². The number of hydrogen-bond donors (Lipinski definition) is 1. The molecule has 1 saturated heterocycles. The Morgan fingerprint density at radius 3 is 2.26 bits per heavy atom. The molecule has 8 nitrogen and oxygen atoms in total. The van der Waals surface area contributed by atoms with Gasteiger partial charge in [0.15, 0.2) is 0 Å². The Balaban J connectivity index is 2.18. The van der Waals surface area contributed by atoms with E-state index in [0.29, 0.717) is 19.4 Å². The molecule has 0 radical (unpaired) electrons. The van der Waals surface area contributed by atoms with Crippen LogP contribution in [0.25, 0.3) is 0 Å². The molecule has 0 aliphatic carbocycles. The molecule has 0 aromatic heterocycles. The predicted molar refractivity (Wildman–Crippen MR) is 129 cm³/mol. The van der Waals surface area contributed by atoms with Crippen LogP contribution in [0.5, 0.6) is 0 Å². The van der Waals surface area contributed by atoms with Gasteiger partial charge in [0.2, 0.25) is 5.91 Å². The molecule has 0 bridgehead atoms. The Morgan fingerprint density at radius 2 is 1.68 bits per heavy atom. The number of carbonyl (C=O) groups excluding carboxylic acids is 3. The van der Waals surface area contributed by atoms with E-state index in [9.17, 15) is 14.4 Å². The molecule has 1 aromatic rings. The normalized spacial score (nSPS) is 19.6. The highest BCUT2D eigenvalue weighted by Crippen LogP contribution is 2.22. The van der Waals surface area contributed by atoms with E-state index < -0.39 is 35.2 Å². The van der Waals surface area contributed by atoms with Crippen LogP contribution >= 0.6 is 0 Å². The lowest BCUT2D eigenvalue weighted by molar-refractivity contribution is -0.159. The summed E-state index contributed by atoms with van der Waals surface area (Å²) in [7, 11) is 1.72. The average molecular weight is 477 g/mol. The fourth-order valence-electron chi connectivity index (χ4n) is 3.97. The third-order valence-electron chi connectivity index (χ3n) is 5.37. The van der Waals surface area contributed by atoms with Gasteiger partial charge in [0, 0.05) is 13.7 Å². The monoisotopic (exact) mass is 476 g/mol. The Morgan fingerprint density at radius 1 is 1.06 bits per heavy atom. The summed E-state index contributed by atoms with van der Waals surface area (Å²) in [6.07, 6.45) is 0.399. The zero-order valence-corrected chi connectivity index (χ0v) is 21.6. The van der Waals surface area contributed by atoms with Gasteiger partial charge in [-0.3, -0.25) is 9.59 Å². The number of ether oxygens (including phenoxy) is 3. The second-order valence-corrected chi connectivity index (χ2v) is 10.8. The van der Waals surface area contributed by atoms with Crippen LogP contribution in [0.2, 0.25) is 0 Å². The first-order valence-corrected chi connectivity index (χ1v) is 11.8. The van der Waals surface area contributed by atoms with Gasteiger partial charge in [-0.1, -0.05) is 30.3 Å². The molecule has 1 unspecified atom stereocenters. The number of nitrogens with one attached hydrogen (secondary N) is 1. The summed E-state index contributed by atoms with van der Waals surface area (Å²) in [6.45, 7) is 11.5. The van der Waals surface area contributed by atoms with E-state index in [2.05, 4.69) is 5.32 Å². The number of carbonyl (C=O) groups is 3. The molecular formula is C26H40N2O6. The number of alkyl carbamates (subject to hydrolysis) is 1. The van der Waals surface area contributed by atoms with Crippen molar-refractivity contribution in [3.05, 3.63) is 35.9 Å². The molecule has 1 aliphatic heterocycles. The molecule has 34 heavy (non-hydrogen) atoms. The lowest BCUT2D eigenvalue weighted by Gasteiger charge is -2.39. The summed E-state index contributed by atoms with van der Waals surface area (Å²) >= 11 is 0. The summed E-state index contributed by atoms with van der Waals surface area (Å²) in [4.78, 5) is 40.3. The largest absolute Gasteiger partial charge is 0.460 e. The minimum atomic E-state index is -0.634. The number of rotatable bonds is 7. The van der Waals surface area contributed by atoms with E-state index in [1.807, 2.05) is 30.3 Å². The summed E-state index contributed by atoms with van der Waals surface area (Å²) in [5.41, 5.74) is -0.300. The van der Waals surface area contributed by atoms with Crippen molar-refractivity contribution in [2.45, 2.75) is 84.1 Å². The topological polar surface area (TPSA) is 94.2 Å². The minimum absolute atomic E-state index is 0.0251. The van der Waals surface area contributed by atoms with Crippen molar-refractivity contribution >= 4 is 18.0 Å². The molecule has 1 aromatic carbocycles. The molecule has 1 aliphatic rings. The highest BCUT2D eigenvalue weighted by Gasteiger charge is 2.37. The van der Waals surface area contributed by atoms with Crippen LogP contribution in [-0.4, -0.2) is 66.4 Å². The zero-order valence-electron chi connectivity index (χ0n) is 21.6. The van der Waals surface area contributed by atoms with Crippen LogP contribution in [0.1, 0.15) is 59.9 Å². The van der Waals surface area contributed by atoms with Crippen LogP contribution in [0.15, 0.2) is 30.3 Å². The zero-order chi connectivity index (χ0) is 25.5. The molecule has 190 valence electrons. The van der Waals surface area contributed by atoms with Gasteiger partial charge in [0.25, 0.3) is 0 Å². The molecule has 0 spiro atoms. The van der Waals surface area contributed by atoms with Crippen molar-refractivity contribution < 1.29 is 28.6 Å². The van der Waals surface area contributed by atoms with Gasteiger partial charge in [-0.2, -0.15) is 0 Å². The Labute approximate surface area is 203 Å². The molecule has 2 amide bonds. The van der Waals surface area contributed by atoms with Crippen LogP contribution in [0.4, 0.5) is 4.79 Å². The highest BCUT2D eigenvalue weighted by molar-refractivity contribution is 5.84. The number of hydrogen-bond acceptors (Lipinski definition) is 6. The number of nitrogens with zero attached hydrogens (tertiary/aromatic N) is 1. The van der Waals surface area contributed by atoms with Crippen molar-refractivity contribution in [3.63, 3.8) is 0 Å². The third-order valence-corrected chi connectivity index (χ3v) is 5.37. The molecule has 1 fully saturated rings. The molecular weight excluding hydrogens is 436 g/mol. The lowest BCUT2D eigenvalue weighted by Crippen LogP contribution is -2.58. The van der Waals surface area contributed by atoms with Gasteiger partial charge >= 0.3 is 12.1 Å². The van der Waals surface area contributed by atoms with Crippen LogP contribution in [0, 0.1) is 5.92 Å². The number of esters is 1. The first-order valence-electron chi connectivity index (χ1n) is 11.8. The molecule has 1 heterocycles. The Hall–Kier alpha value is -2.61. The number of benzene rings is 1. The van der Waals surface area contributed by atoms with E-state index in [1.54, 1.807) is 53.5 Å². The Kier molecular flexibility index (Phi) is 9.50. The van der Waals surface area contributed by atoms with Gasteiger partial charge in [0.1, 0.15) is 11.2 Å². The van der Waals surface area contributed by atoms with Gasteiger partial charge in [-0.15, -0.1) is 0 Å². The average Bonchev–Trinajstić information content (AvgIpc) is 2.70.